The van der Waals surface area contributed by atoms with E-state index < -0.39 is 5.60 Å². The maximum absolute atomic E-state index is 12.9. The van der Waals surface area contributed by atoms with Gasteiger partial charge in [-0.15, -0.1) is 11.3 Å². The summed E-state index contributed by atoms with van der Waals surface area (Å²) in [6.07, 6.45) is 3.66. The molecule has 1 N–H and O–H groups in total. The van der Waals surface area contributed by atoms with Crippen molar-refractivity contribution in [3.8, 4) is 0 Å². The van der Waals surface area contributed by atoms with Crippen LogP contribution < -0.4 is 5.32 Å². The minimum Gasteiger partial charge on any atom is -0.369 e. The van der Waals surface area contributed by atoms with Crippen LogP contribution in [0.5, 0.6) is 0 Å². The zero-order valence-electron chi connectivity index (χ0n) is 15.1. The lowest BCUT2D eigenvalue weighted by Crippen LogP contribution is -2.46. The van der Waals surface area contributed by atoms with Crippen molar-refractivity contribution in [3.63, 3.8) is 0 Å². The summed E-state index contributed by atoms with van der Waals surface area (Å²) >= 11 is 1.55. The van der Waals surface area contributed by atoms with Gasteiger partial charge in [0.15, 0.2) is 5.13 Å². The summed E-state index contributed by atoms with van der Waals surface area (Å²) in [4.78, 5) is 23.7. The Morgan fingerprint density at radius 3 is 2.92 bits per heavy atom. The van der Waals surface area contributed by atoms with Gasteiger partial charge in [-0.05, 0) is 45.7 Å². The van der Waals surface area contributed by atoms with Crippen molar-refractivity contribution in [2.45, 2.75) is 45.3 Å². The number of rotatable bonds is 5. The second kappa shape index (κ2) is 7.09. The predicted molar refractivity (Wildman–Crippen MR) is 99.1 cm³/mol. The van der Waals surface area contributed by atoms with Gasteiger partial charge in [0, 0.05) is 36.6 Å². The number of hydrogen-bond donors (Lipinski definition) is 1. The molecule has 2 aromatic rings. The van der Waals surface area contributed by atoms with Crippen LogP contribution >= 0.6 is 11.3 Å². The van der Waals surface area contributed by atoms with Gasteiger partial charge < -0.3 is 15.0 Å². The van der Waals surface area contributed by atoms with E-state index >= 15 is 0 Å². The normalized spacial score (nSPS) is 17.8. The number of nitrogens with zero attached hydrogens (tertiary/aromatic N) is 3. The second-order valence-corrected chi connectivity index (χ2v) is 7.65. The number of ether oxygens (including phenoxy) is 1. The Morgan fingerprint density at radius 2 is 2.24 bits per heavy atom. The van der Waals surface area contributed by atoms with Crippen LogP contribution in [0.3, 0.4) is 0 Å². The largest absolute Gasteiger partial charge is 0.369 e. The Hall–Kier alpha value is -1.99. The van der Waals surface area contributed by atoms with Crippen molar-refractivity contribution in [3.05, 3.63) is 35.1 Å². The van der Waals surface area contributed by atoms with Gasteiger partial charge in [-0.3, -0.25) is 9.78 Å². The predicted octanol–water partition coefficient (Wildman–Crippen LogP) is 3.68. The summed E-state index contributed by atoms with van der Waals surface area (Å²) in [6.45, 7) is 6.32. The molecule has 0 aromatic carbocycles. The van der Waals surface area contributed by atoms with E-state index in [1.54, 1.807) is 24.6 Å². The third-order valence-electron chi connectivity index (χ3n) is 4.54. The number of nitrogens with one attached hydrogen (secondary N) is 1. The molecule has 1 atom stereocenters. The van der Waals surface area contributed by atoms with E-state index in [1.807, 2.05) is 43.2 Å². The van der Waals surface area contributed by atoms with Crippen molar-refractivity contribution < 1.29 is 9.53 Å². The van der Waals surface area contributed by atoms with Crippen molar-refractivity contribution in [1.82, 2.24) is 14.9 Å². The fourth-order valence-electron chi connectivity index (χ4n) is 3.10. The van der Waals surface area contributed by atoms with Crippen LogP contribution in [-0.4, -0.2) is 40.0 Å². The van der Waals surface area contributed by atoms with Crippen molar-refractivity contribution >= 4 is 28.1 Å². The van der Waals surface area contributed by atoms with E-state index in [0.717, 1.165) is 41.6 Å². The number of hydrogen-bond acceptors (Lipinski definition) is 6. The maximum atomic E-state index is 12.9. The number of aryl methyl sites for hydroxylation is 1. The van der Waals surface area contributed by atoms with Crippen LogP contribution in [0.2, 0.25) is 0 Å². The quantitative estimate of drug-likeness (QED) is 0.881. The van der Waals surface area contributed by atoms with Gasteiger partial charge in [0.25, 0.3) is 5.91 Å². The van der Waals surface area contributed by atoms with Crippen LogP contribution in [-0.2, 0) is 9.53 Å². The molecule has 2 aromatic heterocycles. The van der Waals surface area contributed by atoms with Crippen molar-refractivity contribution in [2.24, 2.45) is 0 Å². The van der Waals surface area contributed by atoms with Crippen LogP contribution in [0.25, 0.3) is 0 Å². The molecule has 0 aliphatic carbocycles. The molecule has 134 valence electrons. The highest BCUT2D eigenvalue weighted by molar-refractivity contribution is 7.13. The number of carbonyl (C=O) groups is 1. The van der Waals surface area contributed by atoms with Gasteiger partial charge in [-0.1, -0.05) is 0 Å². The molecule has 3 rings (SSSR count). The van der Waals surface area contributed by atoms with Gasteiger partial charge in [0.05, 0.1) is 11.7 Å². The smallest absolute Gasteiger partial charge is 0.254 e. The summed E-state index contributed by atoms with van der Waals surface area (Å²) in [5.74, 6) is 0.00948. The topological polar surface area (TPSA) is 67.3 Å². The monoisotopic (exact) mass is 360 g/mol. The molecular formula is C18H24N4O2S. The molecule has 1 saturated heterocycles. The molecular weight excluding hydrogens is 336 g/mol. The van der Waals surface area contributed by atoms with Gasteiger partial charge in [0.1, 0.15) is 5.60 Å². The van der Waals surface area contributed by atoms with E-state index in [0.29, 0.717) is 0 Å². The summed E-state index contributed by atoms with van der Waals surface area (Å²) < 4.78 is 5.38. The Kier molecular flexibility index (Phi) is 5.06. The van der Waals surface area contributed by atoms with Gasteiger partial charge in [0.2, 0.25) is 0 Å². The number of aromatic nitrogens is 2. The SMILES string of the molecule is COC(C)(C)C(=O)N1CCCC1c1cc(Nc2nccs2)cc(C)n1. The molecule has 3 heterocycles. The van der Waals surface area contributed by atoms with E-state index in [9.17, 15) is 4.79 Å². The third-order valence-corrected chi connectivity index (χ3v) is 5.23. The van der Waals surface area contributed by atoms with Gasteiger partial charge in [-0.2, -0.15) is 0 Å². The Balaban J connectivity index is 1.87. The first kappa shape index (κ1) is 17.8. The molecule has 1 unspecified atom stereocenters. The van der Waals surface area contributed by atoms with Crippen LogP contribution in [0.4, 0.5) is 10.8 Å². The standard InChI is InChI=1S/C18H24N4O2S/c1-12-10-13(21-17-19-7-9-25-17)11-14(20-12)15-6-5-8-22(15)16(23)18(2,3)24-4/h7,9-11,15H,5-6,8H2,1-4H3,(H,19,20,21). The lowest BCUT2D eigenvalue weighted by Gasteiger charge is -2.32. The molecule has 7 heteroatoms. The molecule has 0 radical (unpaired) electrons. The summed E-state index contributed by atoms with van der Waals surface area (Å²) in [6, 6.07) is 3.99. The first-order valence-electron chi connectivity index (χ1n) is 8.42. The minimum absolute atomic E-state index is 0.00948. The van der Waals surface area contributed by atoms with Gasteiger partial charge in [-0.25, -0.2) is 4.98 Å². The van der Waals surface area contributed by atoms with Crippen LogP contribution in [0.1, 0.15) is 44.1 Å². The number of carbonyl (C=O) groups excluding carboxylic acids is 1. The Bertz CT molecular complexity index is 746. The highest BCUT2D eigenvalue weighted by Gasteiger charge is 2.39. The van der Waals surface area contributed by atoms with E-state index in [4.69, 9.17) is 9.72 Å². The lowest BCUT2D eigenvalue weighted by molar-refractivity contribution is -0.152. The Labute approximate surface area is 152 Å². The number of amides is 1. The first-order chi connectivity index (χ1) is 11.9. The van der Waals surface area contributed by atoms with Crippen LogP contribution in [0.15, 0.2) is 23.7 Å². The number of anilines is 2. The molecule has 0 spiro atoms. The number of pyridine rings is 1. The second-order valence-electron chi connectivity index (χ2n) is 6.76. The highest BCUT2D eigenvalue weighted by Crippen LogP contribution is 2.35. The van der Waals surface area contributed by atoms with Crippen molar-refractivity contribution in [1.29, 1.82) is 0 Å². The highest BCUT2D eigenvalue weighted by atomic mass is 32.1. The minimum atomic E-state index is -0.825. The molecule has 1 amide bonds. The number of methoxy groups -OCH3 is 1. The average molecular weight is 360 g/mol. The van der Waals surface area contributed by atoms with Crippen LogP contribution in [0, 0.1) is 6.92 Å². The Morgan fingerprint density at radius 1 is 1.44 bits per heavy atom. The molecule has 1 aliphatic rings. The fourth-order valence-corrected chi connectivity index (χ4v) is 3.65. The van der Waals surface area contributed by atoms with E-state index in [2.05, 4.69) is 10.3 Å². The summed E-state index contributed by atoms with van der Waals surface area (Å²) in [7, 11) is 1.57. The molecule has 1 fully saturated rings. The third kappa shape index (κ3) is 3.82. The number of likely N-dealkylation sites (tertiary alicyclic amines) is 1. The number of thiazole rings is 1. The van der Waals surface area contributed by atoms with Gasteiger partial charge >= 0.3 is 0 Å². The van der Waals surface area contributed by atoms with E-state index in [1.165, 1.54) is 0 Å². The zero-order chi connectivity index (χ0) is 18.0. The zero-order valence-corrected chi connectivity index (χ0v) is 15.9. The molecule has 0 saturated carbocycles. The summed E-state index contributed by atoms with van der Waals surface area (Å²) in [5.41, 5.74) is 1.95. The maximum Gasteiger partial charge on any atom is 0.254 e. The average Bonchev–Trinajstić information content (AvgIpc) is 3.24. The molecule has 1 aliphatic heterocycles. The molecule has 6 nitrogen and oxygen atoms in total. The first-order valence-corrected chi connectivity index (χ1v) is 9.30. The lowest BCUT2D eigenvalue weighted by atomic mass is 10.0. The van der Waals surface area contributed by atoms with Crippen molar-refractivity contribution in [2.75, 3.05) is 19.0 Å². The van der Waals surface area contributed by atoms with E-state index in [-0.39, 0.29) is 11.9 Å². The summed E-state index contributed by atoms with van der Waals surface area (Å²) in [5, 5.41) is 6.09. The fraction of sp³-hybridized carbons (Fsp3) is 0.500. The molecule has 25 heavy (non-hydrogen) atoms. The molecule has 0 bridgehead atoms.